The van der Waals surface area contributed by atoms with Gasteiger partial charge in [-0.15, -0.1) is 0 Å². The highest BCUT2D eigenvalue weighted by Gasteiger charge is 2.14. The van der Waals surface area contributed by atoms with Crippen molar-refractivity contribution in [2.45, 2.75) is 6.04 Å². The lowest BCUT2D eigenvalue weighted by Crippen LogP contribution is -2.20. The van der Waals surface area contributed by atoms with Gasteiger partial charge in [0.25, 0.3) is 5.69 Å². The number of nitro benzene ring substituents is 1. The molecule has 0 radical (unpaired) electrons. The Bertz CT molecular complexity index is 680. The van der Waals surface area contributed by atoms with Crippen molar-refractivity contribution in [1.29, 1.82) is 5.26 Å². The molecule has 2 rings (SSSR count). The normalized spacial score (nSPS) is 11.4. The molecule has 0 bridgehead atoms. The molecule has 0 heterocycles. The Balaban J connectivity index is 2.09. The summed E-state index contributed by atoms with van der Waals surface area (Å²) in [7, 11) is 0. The summed E-state index contributed by atoms with van der Waals surface area (Å²) in [5.41, 5.74) is 7.42. The third kappa shape index (κ3) is 3.55. The van der Waals surface area contributed by atoms with E-state index in [4.69, 9.17) is 11.0 Å². The van der Waals surface area contributed by atoms with Gasteiger partial charge in [0.05, 0.1) is 4.92 Å². The molecule has 3 N–H and O–H groups in total. The quantitative estimate of drug-likeness (QED) is 0.647. The van der Waals surface area contributed by atoms with Crippen molar-refractivity contribution in [1.82, 2.24) is 0 Å². The maximum absolute atomic E-state index is 10.9. The third-order valence-corrected chi connectivity index (χ3v) is 3.07. The lowest BCUT2D eigenvalue weighted by Gasteiger charge is -2.14. The van der Waals surface area contributed by atoms with Gasteiger partial charge in [-0.25, -0.2) is 0 Å². The minimum atomic E-state index is -0.569. The molecule has 0 aromatic heterocycles. The zero-order valence-corrected chi connectivity index (χ0v) is 11.2. The van der Waals surface area contributed by atoms with Crippen LogP contribution in [0.15, 0.2) is 48.5 Å². The fourth-order valence-electron chi connectivity index (χ4n) is 1.93. The predicted molar refractivity (Wildman–Crippen MR) is 79.7 cm³/mol. The first-order valence-corrected chi connectivity index (χ1v) is 6.34. The van der Waals surface area contributed by atoms with Crippen LogP contribution in [0.25, 0.3) is 0 Å². The smallest absolute Gasteiger partial charge is 0.289 e. The van der Waals surface area contributed by atoms with E-state index < -0.39 is 4.92 Å². The molecule has 21 heavy (non-hydrogen) atoms. The summed E-state index contributed by atoms with van der Waals surface area (Å²) in [5, 5.41) is 22.8. The lowest BCUT2D eigenvalue weighted by molar-refractivity contribution is -0.385. The molecule has 1 unspecified atom stereocenters. The van der Waals surface area contributed by atoms with Gasteiger partial charge in [-0.3, -0.25) is 10.1 Å². The number of hydrogen-bond donors (Lipinski definition) is 2. The van der Waals surface area contributed by atoms with Crippen molar-refractivity contribution in [3.63, 3.8) is 0 Å². The minimum absolute atomic E-state index is 0.0397. The molecule has 6 nitrogen and oxygen atoms in total. The van der Waals surface area contributed by atoms with Crippen LogP contribution in [0.1, 0.15) is 17.2 Å². The Labute approximate surface area is 122 Å². The first-order valence-electron chi connectivity index (χ1n) is 6.34. The van der Waals surface area contributed by atoms with E-state index in [1.807, 2.05) is 30.3 Å². The van der Waals surface area contributed by atoms with E-state index in [2.05, 4.69) is 5.32 Å². The van der Waals surface area contributed by atoms with E-state index in [0.29, 0.717) is 12.2 Å². The summed E-state index contributed by atoms with van der Waals surface area (Å²) in [6.07, 6.45) is 0. The van der Waals surface area contributed by atoms with Gasteiger partial charge in [-0.1, -0.05) is 30.3 Å². The summed E-state index contributed by atoms with van der Waals surface area (Å²) in [6.45, 7) is 0.438. The van der Waals surface area contributed by atoms with Crippen molar-refractivity contribution < 1.29 is 4.92 Å². The summed E-state index contributed by atoms with van der Waals surface area (Å²) >= 11 is 0. The van der Waals surface area contributed by atoms with Gasteiger partial charge >= 0.3 is 0 Å². The van der Waals surface area contributed by atoms with E-state index in [0.717, 1.165) is 5.56 Å². The van der Waals surface area contributed by atoms with Crippen molar-refractivity contribution in [2.24, 2.45) is 5.73 Å². The number of nitrogens with two attached hydrogens (primary N) is 1. The SMILES string of the molecule is N#Cc1ccc(NCC(N)c2ccccc2)cc1[N+](=O)[O-]. The zero-order chi connectivity index (χ0) is 15.2. The van der Waals surface area contributed by atoms with Crippen LogP contribution in [-0.2, 0) is 0 Å². The molecule has 1 atom stereocenters. The summed E-state index contributed by atoms with van der Waals surface area (Å²) in [6, 6.07) is 15.5. The van der Waals surface area contributed by atoms with Crippen molar-refractivity contribution in [3.05, 3.63) is 69.8 Å². The number of nitrogens with zero attached hydrogens (tertiary/aromatic N) is 2. The molecule has 0 saturated heterocycles. The second-order valence-corrected chi connectivity index (χ2v) is 4.50. The summed E-state index contributed by atoms with van der Waals surface area (Å²) < 4.78 is 0. The Morgan fingerprint density at radius 1 is 1.29 bits per heavy atom. The Morgan fingerprint density at radius 3 is 2.62 bits per heavy atom. The standard InChI is InChI=1S/C15H14N4O2/c16-9-12-6-7-13(8-15(12)19(20)21)18-10-14(17)11-4-2-1-3-5-11/h1-8,14,18H,10,17H2. The number of nitro groups is 1. The molecule has 0 fully saturated rings. The molecule has 106 valence electrons. The van der Waals surface area contributed by atoms with E-state index in [-0.39, 0.29) is 17.3 Å². The van der Waals surface area contributed by atoms with E-state index >= 15 is 0 Å². The summed E-state index contributed by atoms with van der Waals surface area (Å²) in [5.74, 6) is 0. The molecule has 0 aliphatic rings. The number of rotatable bonds is 5. The lowest BCUT2D eigenvalue weighted by atomic mass is 10.1. The highest BCUT2D eigenvalue weighted by molar-refractivity contribution is 5.59. The van der Waals surface area contributed by atoms with Gasteiger partial charge in [0.1, 0.15) is 11.6 Å². The Kier molecular flexibility index (Phi) is 4.49. The van der Waals surface area contributed by atoms with Crippen molar-refractivity contribution in [3.8, 4) is 6.07 Å². The number of nitrogens with one attached hydrogen (secondary N) is 1. The van der Waals surface area contributed by atoms with Crippen LogP contribution in [0.2, 0.25) is 0 Å². The van der Waals surface area contributed by atoms with E-state index in [9.17, 15) is 10.1 Å². The number of hydrogen-bond acceptors (Lipinski definition) is 5. The summed E-state index contributed by atoms with van der Waals surface area (Å²) in [4.78, 5) is 10.3. The van der Waals surface area contributed by atoms with Crippen molar-refractivity contribution >= 4 is 11.4 Å². The molecule has 6 heteroatoms. The average Bonchev–Trinajstić information content (AvgIpc) is 2.53. The van der Waals surface area contributed by atoms with Gasteiger partial charge in [-0.05, 0) is 17.7 Å². The molecule has 2 aromatic carbocycles. The van der Waals surface area contributed by atoms with E-state index in [1.165, 1.54) is 12.1 Å². The van der Waals surface area contributed by atoms with Gasteiger partial charge in [0.2, 0.25) is 0 Å². The Morgan fingerprint density at radius 2 is 2.00 bits per heavy atom. The molecule has 0 aliphatic carbocycles. The van der Waals surface area contributed by atoms with Gasteiger partial charge in [0.15, 0.2) is 0 Å². The van der Waals surface area contributed by atoms with Crippen LogP contribution in [0.4, 0.5) is 11.4 Å². The van der Waals surface area contributed by atoms with Crippen molar-refractivity contribution in [2.75, 3.05) is 11.9 Å². The molecule has 0 spiro atoms. The molecule has 0 amide bonds. The monoisotopic (exact) mass is 282 g/mol. The van der Waals surface area contributed by atoms with Crippen LogP contribution >= 0.6 is 0 Å². The van der Waals surface area contributed by atoms with Crippen LogP contribution in [0.3, 0.4) is 0 Å². The third-order valence-electron chi connectivity index (χ3n) is 3.07. The van der Waals surface area contributed by atoms with Crippen LogP contribution in [0, 0.1) is 21.4 Å². The fraction of sp³-hybridized carbons (Fsp3) is 0.133. The topological polar surface area (TPSA) is 105 Å². The highest BCUT2D eigenvalue weighted by atomic mass is 16.6. The minimum Gasteiger partial charge on any atom is -0.383 e. The van der Waals surface area contributed by atoms with Crippen LogP contribution in [0.5, 0.6) is 0 Å². The fourth-order valence-corrected chi connectivity index (χ4v) is 1.93. The number of benzene rings is 2. The maximum atomic E-state index is 10.9. The van der Waals surface area contributed by atoms with Gasteiger partial charge in [0, 0.05) is 24.3 Å². The van der Waals surface area contributed by atoms with E-state index in [1.54, 1.807) is 12.1 Å². The number of anilines is 1. The largest absolute Gasteiger partial charge is 0.383 e. The predicted octanol–water partition coefficient (Wildman–Crippen LogP) is 2.58. The molecular formula is C15H14N4O2. The van der Waals surface area contributed by atoms with Crippen LogP contribution in [-0.4, -0.2) is 11.5 Å². The molecular weight excluding hydrogens is 268 g/mol. The highest BCUT2D eigenvalue weighted by Crippen LogP contribution is 2.23. The molecule has 0 aliphatic heterocycles. The van der Waals surface area contributed by atoms with Gasteiger partial charge in [-0.2, -0.15) is 5.26 Å². The average molecular weight is 282 g/mol. The number of nitriles is 1. The molecule has 0 saturated carbocycles. The maximum Gasteiger partial charge on any atom is 0.289 e. The zero-order valence-electron chi connectivity index (χ0n) is 11.2. The molecule has 2 aromatic rings. The second kappa shape index (κ2) is 6.50. The first-order chi connectivity index (χ1) is 10.1. The van der Waals surface area contributed by atoms with Crippen LogP contribution < -0.4 is 11.1 Å². The Hall–Kier alpha value is -2.91. The first kappa shape index (κ1) is 14.5. The second-order valence-electron chi connectivity index (χ2n) is 4.50. The van der Waals surface area contributed by atoms with Gasteiger partial charge < -0.3 is 11.1 Å².